The summed E-state index contributed by atoms with van der Waals surface area (Å²) in [6.07, 6.45) is 0. The molecule has 1 amide bonds. The van der Waals surface area contributed by atoms with Crippen LogP contribution in [0.15, 0.2) is 52.4 Å². The van der Waals surface area contributed by atoms with Crippen LogP contribution in [0.1, 0.15) is 24.2 Å². The van der Waals surface area contributed by atoms with Gasteiger partial charge in [0.25, 0.3) is 5.91 Å². The highest BCUT2D eigenvalue weighted by atomic mass is 32.2. The van der Waals surface area contributed by atoms with Crippen molar-refractivity contribution >= 4 is 49.1 Å². The Kier molecular flexibility index (Phi) is 7.12. The number of ether oxygens (including phenoxy) is 1. The van der Waals surface area contributed by atoms with Crippen molar-refractivity contribution < 1.29 is 22.7 Å². The SMILES string of the molecule is CCN(CC)c1ccc(C(=O)N=c2sc3cc(S(N)(=O)=O)ccc3n2CC(=O)OC)cc1. The Morgan fingerprint density at radius 3 is 2.34 bits per heavy atom. The lowest BCUT2D eigenvalue weighted by Crippen LogP contribution is -2.22. The molecule has 0 saturated heterocycles. The molecule has 2 aromatic carbocycles. The molecule has 0 radical (unpaired) electrons. The number of hydrogen-bond donors (Lipinski definition) is 1. The van der Waals surface area contributed by atoms with E-state index in [1.165, 1.54) is 29.9 Å². The Hall–Kier alpha value is -3.02. The first-order chi connectivity index (χ1) is 15.2. The number of benzene rings is 2. The van der Waals surface area contributed by atoms with Crippen LogP contribution in [-0.2, 0) is 26.1 Å². The van der Waals surface area contributed by atoms with Crippen LogP contribution >= 0.6 is 11.3 Å². The topological polar surface area (TPSA) is 124 Å². The zero-order valence-corrected chi connectivity index (χ0v) is 19.6. The van der Waals surface area contributed by atoms with E-state index in [0.29, 0.717) is 15.8 Å². The summed E-state index contributed by atoms with van der Waals surface area (Å²) >= 11 is 1.08. The maximum Gasteiger partial charge on any atom is 0.325 e. The number of carbonyl (C=O) groups excluding carboxylic acids is 2. The number of carbonyl (C=O) groups is 2. The zero-order valence-electron chi connectivity index (χ0n) is 17.9. The van der Waals surface area contributed by atoms with Crippen LogP contribution in [0.5, 0.6) is 0 Å². The van der Waals surface area contributed by atoms with Crippen LogP contribution in [0.2, 0.25) is 0 Å². The fourth-order valence-corrected chi connectivity index (χ4v) is 4.90. The number of primary sulfonamides is 1. The van der Waals surface area contributed by atoms with Crippen LogP contribution in [0.25, 0.3) is 10.2 Å². The fourth-order valence-electron chi connectivity index (χ4n) is 3.22. The molecule has 3 aromatic rings. The molecule has 2 N–H and O–H groups in total. The van der Waals surface area contributed by atoms with Crippen LogP contribution < -0.4 is 14.8 Å². The number of thiazole rings is 1. The molecule has 0 saturated carbocycles. The van der Waals surface area contributed by atoms with Crippen LogP contribution in [0.3, 0.4) is 0 Å². The second-order valence-corrected chi connectivity index (χ2v) is 9.43. The number of rotatable bonds is 7. The molecule has 0 fully saturated rings. The first-order valence-corrected chi connectivity index (χ1v) is 12.2. The highest BCUT2D eigenvalue weighted by Crippen LogP contribution is 2.22. The summed E-state index contributed by atoms with van der Waals surface area (Å²) in [7, 11) is -2.64. The summed E-state index contributed by atoms with van der Waals surface area (Å²) in [4.78, 5) is 31.3. The standard InChI is InChI=1S/C21H24N4O5S2/c1-4-24(5-2)15-8-6-14(7-9-15)20(27)23-21-25(13-19(26)30-3)17-11-10-16(32(22,28)29)12-18(17)31-21/h6-12H,4-5,13H2,1-3H3,(H2,22,28,29). The summed E-state index contributed by atoms with van der Waals surface area (Å²) in [5.74, 6) is -1.01. The van der Waals surface area contributed by atoms with E-state index in [2.05, 4.69) is 23.7 Å². The number of anilines is 1. The molecule has 3 rings (SSSR count). The van der Waals surface area contributed by atoms with Gasteiger partial charge in [0.1, 0.15) is 6.54 Å². The van der Waals surface area contributed by atoms with E-state index >= 15 is 0 Å². The molecule has 0 aliphatic rings. The molecule has 0 atom stereocenters. The third kappa shape index (κ3) is 5.06. The van der Waals surface area contributed by atoms with Gasteiger partial charge in [-0.15, -0.1) is 0 Å². The predicted octanol–water partition coefficient (Wildman–Crippen LogP) is 2.11. The Balaban J connectivity index is 2.08. The van der Waals surface area contributed by atoms with Gasteiger partial charge in [0, 0.05) is 24.3 Å². The summed E-state index contributed by atoms with van der Waals surface area (Å²) in [5.41, 5.74) is 1.94. The van der Waals surface area contributed by atoms with E-state index in [1.54, 1.807) is 12.1 Å². The maximum absolute atomic E-state index is 12.8. The molecular formula is C21H24N4O5S2. The van der Waals surface area contributed by atoms with Crippen LogP contribution in [0.4, 0.5) is 5.69 Å². The molecular weight excluding hydrogens is 452 g/mol. The predicted molar refractivity (Wildman–Crippen MR) is 123 cm³/mol. The van der Waals surface area contributed by atoms with E-state index in [1.807, 2.05) is 12.1 Å². The normalized spacial score (nSPS) is 12.2. The molecule has 0 aliphatic carbocycles. The highest BCUT2D eigenvalue weighted by Gasteiger charge is 2.16. The van der Waals surface area contributed by atoms with Gasteiger partial charge in [-0.2, -0.15) is 4.99 Å². The Bertz CT molecular complexity index is 1320. The van der Waals surface area contributed by atoms with Gasteiger partial charge in [-0.25, -0.2) is 13.6 Å². The smallest absolute Gasteiger partial charge is 0.325 e. The third-order valence-electron chi connectivity index (χ3n) is 4.94. The van der Waals surface area contributed by atoms with Gasteiger partial charge in [0.15, 0.2) is 4.80 Å². The zero-order chi connectivity index (χ0) is 23.5. The van der Waals surface area contributed by atoms with Crippen molar-refractivity contribution in [2.45, 2.75) is 25.3 Å². The number of nitrogens with zero attached hydrogens (tertiary/aromatic N) is 3. The van der Waals surface area contributed by atoms with Crippen LogP contribution in [-0.4, -0.2) is 45.1 Å². The maximum atomic E-state index is 12.8. The van der Waals surface area contributed by atoms with Crippen molar-refractivity contribution in [3.05, 3.63) is 52.8 Å². The first-order valence-electron chi connectivity index (χ1n) is 9.85. The van der Waals surface area contributed by atoms with Gasteiger partial charge in [0.2, 0.25) is 10.0 Å². The highest BCUT2D eigenvalue weighted by molar-refractivity contribution is 7.89. The van der Waals surface area contributed by atoms with Gasteiger partial charge in [-0.05, 0) is 56.3 Å². The Labute approximate surface area is 189 Å². The van der Waals surface area contributed by atoms with Crippen molar-refractivity contribution in [1.29, 1.82) is 0 Å². The Morgan fingerprint density at radius 1 is 1.12 bits per heavy atom. The minimum Gasteiger partial charge on any atom is -0.468 e. The molecule has 0 spiro atoms. The third-order valence-corrected chi connectivity index (χ3v) is 6.89. The number of esters is 1. The summed E-state index contributed by atoms with van der Waals surface area (Å²) in [5, 5.41) is 5.22. The number of amides is 1. The molecule has 32 heavy (non-hydrogen) atoms. The number of nitrogens with two attached hydrogens (primary N) is 1. The van der Waals surface area contributed by atoms with E-state index in [9.17, 15) is 18.0 Å². The van der Waals surface area contributed by atoms with Gasteiger partial charge in [-0.1, -0.05) is 11.3 Å². The van der Waals surface area contributed by atoms with Crippen molar-refractivity contribution in [2.75, 3.05) is 25.1 Å². The summed E-state index contributed by atoms with van der Waals surface area (Å²) in [6, 6.07) is 11.4. The number of aromatic nitrogens is 1. The van der Waals surface area contributed by atoms with E-state index < -0.39 is 21.9 Å². The van der Waals surface area contributed by atoms with Crippen LogP contribution in [0, 0.1) is 0 Å². The lowest BCUT2D eigenvalue weighted by atomic mass is 10.2. The number of methoxy groups -OCH3 is 1. The second kappa shape index (κ2) is 9.63. The number of sulfonamides is 1. The molecule has 0 bridgehead atoms. The lowest BCUT2D eigenvalue weighted by Gasteiger charge is -2.20. The minimum atomic E-state index is -3.90. The molecule has 0 aliphatic heterocycles. The summed E-state index contributed by atoms with van der Waals surface area (Å²) in [6.45, 7) is 5.63. The molecule has 1 aromatic heterocycles. The van der Waals surface area contributed by atoms with E-state index in [4.69, 9.17) is 9.88 Å². The van der Waals surface area contributed by atoms with E-state index in [-0.39, 0.29) is 16.2 Å². The first kappa shape index (κ1) is 23.6. The van der Waals surface area contributed by atoms with Gasteiger partial charge in [-0.3, -0.25) is 9.59 Å². The average molecular weight is 477 g/mol. The van der Waals surface area contributed by atoms with Crippen molar-refractivity contribution in [3.8, 4) is 0 Å². The monoisotopic (exact) mass is 476 g/mol. The molecule has 11 heteroatoms. The number of fused-ring (bicyclic) bond motifs is 1. The van der Waals surface area contributed by atoms with Gasteiger partial charge in [0.05, 0.1) is 22.2 Å². The number of hydrogen-bond acceptors (Lipinski definition) is 7. The van der Waals surface area contributed by atoms with Crippen molar-refractivity contribution in [1.82, 2.24) is 4.57 Å². The molecule has 0 unspecified atom stereocenters. The van der Waals surface area contributed by atoms with Crippen molar-refractivity contribution in [3.63, 3.8) is 0 Å². The Morgan fingerprint density at radius 2 is 1.78 bits per heavy atom. The average Bonchev–Trinajstić information content (AvgIpc) is 3.10. The summed E-state index contributed by atoms with van der Waals surface area (Å²) < 4.78 is 30.2. The quantitative estimate of drug-likeness (QED) is 0.521. The van der Waals surface area contributed by atoms with Gasteiger partial charge < -0.3 is 14.2 Å². The molecule has 9 nitrogen and oxygen atoms in total. The molecule has 1 heterocycles. The lowest BCUT2D eigenvalue weighted by molar-refractivity contribution is -0.141. The minimum absolute atomic E-state index is 0.0682. The fraction of sp³-hybridized carbons (Fsp3) is 0.286. The van der Waals surface area contributed by atoms with Gasteiger partial charge >= 0.3 is 5.97 Å². The second-order valence-electron chi connectivity index (χ2n) is 6.86. The largest absolute Gasteiger partial charge is 0.468 e. The molecule has 170 valence electrons. The van der Waals surface area contributed by atoms with Crippen molar-refractivity contribution in [2.24, 2.45) is 10.1 Å². The van der Waals surface area contributed by atoms with E-state index in [0.717, 1.165) is 30.1 Å².